The molecule has 0 spiro atoms. The highest BCUT2D eigenvalue weighted by Gasteiger charge is 2.24. The third-order valence-electron chi connectivity index (χ3n) is 3.46. The number of rotatable bonds is 6. The van der Waals surface area contributed by atoms with E-state index in [-0.39, 0.29) is 12.6 Å². The van der Waals surface area contributed by atoms with Crippen molar-refractivity contribution >= 4 is 11.7 Å². The van der Waals surface area contributed by atoms with Gasteiger partial charge in [0.15, 0.2) is 0 Å². The fourth-order valence-electron chi connectivity index (χ4n) is 2.29. The summed E-state index contributed by atoms with van der Waals surface area (Å²) in [6.45, 7) is 3.75. The molecule has 1 atom stereocenters. The third-order valence-corrected chi connectivity index (χ3v) is 3.46. The Labute approximate surface area is 130 Å². The lowest BCUT2D eigenvalue weighted by Crippen LogP contribution is -2.50. The SMILES string of the molecule is CCCC(C)(CO)NC(=O)Nc1ccc(-n2cccn2)cc1. The standard InChI is InChI=1S/C16H22N4O2/c1-3-9-16(2,12-21)19-15(22)18-13-5-7-14(8-6-13)20-11-4-10-17-20/h4-8,10-11,21H,3,9,12H2,1-2H3,(H2,18,19,22). The number of aliphatic hydroxyl groups excluding tert-OH is 1. The topological polar surface area (TPSA) is 79.2 Å². The zero-order valence-corrected chi connectivity index (χ0v) is 12.9. The van der Waals surface area contributed by atoms with Crippen molar-refractivity contribution in [1.29, 1.82) is 0 Å². The molecular weight excluding hydrogens is 280 g/mol. The van der Waals surface area contributed by atoms with E-state index in [1.807, 2.05) is 50.4 Å². The molecule has 0 aliphatic heterocycles. The first-order valence-corrected chi connectivity index (χ1v) is 7.36. The zero-order chi connectivity index (χ0) is 16.0. The predicted molar refractivity (Wildman–Crippen MR) is 86.1 cm³/mol. The van der Waals surface area contributed by atoms with Crippen LogP contribution < -0.4 is 10.6 Å². The Morgan fingerprint density at radius 2 is 2.09 bits per heavy atom. The fraction of sp³-hybridized carbons (Fsp3) is 0.375. The van der Waals surface area contributed by atoms with E-state index < -0.39 is 5.54 Å². The first-order chi connectivity index (χ1) is 10.6. The molecule has 0 aliphatic rings. The summed E-state index contributed by atoms with van der Waals surface area (Å²) in [5.41, 5.74) is 1.00. The lowest BCUT2D eigenvalue weighted by molar-refractivity contribution is 0.167. The van der Waals surface area contributed by atoms with Crippen molar-refractivity contribution in [2.45, 2.75) is 32.2 Å². The lowest BCUT2D eigenvalue weighted by Gasteiger charge is -2.28. The number of aliphatic hydroxyl groups is 1. The maximum atomic E-state index is 12.0. The van der Waals surface area contributed by atoms with Crippen LogP contribution in [0.25, 0.3) is 5.69 Å². The minimum Gasteiger partial charge on any atom is -0.394 e. The van der Waals surface area contributed by atoms with Crippen molar-refractivity contribution in [2.24, 2.45) is 0 Å². The van der Waals surface area contributed by atoms with E-state index in [1.165, 1.54) is 0 Å². The number of hydrogen-bond donors (Lipinski definition) is 3. The maximum Gasteiger partial charge on any atom is 0.319 e. The van der Waals surface area contributed by atoms with Crippen LogP contribution in [0.5, 0.6) is 0 Å². The molecule has 0 saturated carbocycles. The molecule has 6 nitrogen and oxygen atoms in total. The number of urea groups is 1. The number of hydrogen-bond acceptors (Lipinski definition) is 3. The molecule has 2 rings (SSSR count). The van der Waals surface area contributed by atoms with Crippen LogP contribution in [0.2, 0.25) is 0 Å². The quantitative estimate of drug-likeness (QED) is 0.767. The smallest absolute Gasteiger partial charge is 0.319 e. The number of anilines is 1. The molecular formula is C16H22N4O2. The minimum absolute atomic E-state index is 0.0908. The summed E-state index contributed by atoms with van der Waals surface area (Å²) in [6, 6.07) is 8.90. The minimum atomic E-state index is -0.603. The number of amides is 2. The van der Waals surface area contributed by atoms with Crippen LogP contribution >= 0.6 is 0 Å². The molecule has 0 fully saturated rings. The zero-order valence-electron chi connectivity index (χ0n) is 12.9. The van der Waals surface area contributed by atoms with Crippen molar-refractivity contribution < 1.29 is 9.90 Å². The Bertz CT molecular complexity index is 595. The predicted octanol–water partition coefficient (Wildman–Crippen LogP) is 2.54. The molecule has 1 aromatic carbocycles. The fourth-order valence-corrected chi connectivity index (χ4v) is 2.29. The Morgan fingerprint density at radius 3 is 2.64 bits per heavy atom. The van der Waals surface area contributed by atoms with Gasteiger partial charge in [0.2, 0.25) is 0 Å². The monoisotopic (exact) mass is 302 g/mol. The maximum absolute atomic E-state index is 12.0. The van der Waals surface area contributed by atoms with Gasteiger partial charge in [0.05, 0.1) is 17.8 Å². The highest BCUT2D eigenvalue weighted by molar-refractivity contribution is 5.89. The Morgan fingerprint density at radius 1 is 1.36 bits per heavy atom. The molecule has 1 aromatic heterocycles. The molecule has 6 heteroatoms. The first kappa shape index (κ1) is 16.0. The van der Waals surface area contributed by atoms with Crippen molar-refractivity contribution in [1.82, 2.24) is 15.1 Å². The van der Waals surface area contributed by atoms with Gasteiger partial charge in [0.1, 0.15) is 0 Å². The van der Waals surface area contributed by atoms with E-state index in [2.05, 4.69) is 15.7 Å². The number of aromatic nitrogens is 2. The number of carbonyl (C=O) groups is 1. The molecule has 22 heavy (non-hydrogen) atoms. The summed E-state index contributed by atoms with van der Waals surface area (Å²) < 4.78 is 1.74. The summed E-state index contributed by atoms with van der Waals surface area (Å²) in [7, 11) is 0. The summed E-state index contributed by atoms with van der Waals surface area (Å²) in [5, 5.41) is 19.2. The van der Waals surface area contributed by atoms with Crippen LogP contribution in [0.4, 0.5) is 10.5 Å². The van der Waals surface area contributed by atoms with Gasteiger partial charge in [0, 0.05) is 18.1 Å². The number of nitrogens with zero attached hydrogens (tertiary/aromatic N) is 2. The average Bonchev–Trinajstić information content (AvgIpc) is 3.02. The molecule has 0 aliphatic carbocycles. The Balaban J connectivity index is 1.97. The summed E-state index contributed by atoms with van der Waals surface area (Å²) in [5.74, 6) is 0. The summed E-state index contributed by atoms with van der Waals surface area (Å²) in [4.78, 5) is 12.0. The number of carbonyl (C=O) groups excluding carboxylic acids is 1. The van der Waals surface area contributed by atoms with Crippen molar-refractivity contribution in [3.8, 4) is 5.69 Å². The van der Waals surface area contributed by atoms with Crippen LogP contribution in [0.15, 0.2) is 42.7 Å². The lowest BCUT2D eigenvalue weighted by atomic mass is 9.98. The van der Waals surface area contributed by atoms with Gasteiger partial charge in [-0.15, -0.1) is 0 Å². The van der Waals surface area contributed by atoms with E-state index in [1.54, 1.807) is 10.9 Å². The van der Waals surface area contributed by atoms with Gasteiger partial charge in [-0.1, -0.05) is 13.3 Å². The van der Waals surface area contributed by atoms with Crippen LogP contribution in [-0.4, -0.2) is 33.1 Å². The number of benzene rings is 1. The van der Waals surface area contributed by atoms with Gasteiger partial charge in [-0.05, 0) is 43.7 Å². The molecule has 3 N–H and O–H groups in total. The second kappa shape index (κ2) is 7.09. The van der Waals surface area contributed by atoms with Crippen molar-refractivity contribution in [3.63, 3.8) is 0 Å². The van der Waals surface area contributed by atoms with Crippen LogP contribution in [0.1, 0.15) is 26.7 Å². The van der Waals surface area contributed by atoms with E-state index in [4.69, 9.17) is 0 Å². The molecule has 2 amide bonds. The second-order valence-electron chi connectivity index (χ2n) is 5.55. The summed E-state index contributed by atoms with van der Waals surface area (Å²) in [6.07, 6.45) is 5.17. The van der Waals surface area contributed by atoms with Crippen molar-refractivity contribution in [3.05, 3.63) is 42.7 Å². The van der Waals surface area contributed by atoms with Gasteiger partial charge in [0.25, 0.3) is 0 Å². The van der Waals surface area contributed by atoms with Gasteiger partial charge in [-0.3, -0.25) is 0 Å². The van der Waals surface area contributed by atoms with E-state index in [0.29, 0.717) is 5.69 Å². The van der Waals surface area contributed by atoms with E-state index in [0.717, 1.165) is 18.5 Å². The van der Waals surface area contributed by atoms with E-state index >= 15 is 0 Å². The van der Waals surface area contributed by atoms with Gasteiger partial charge >= 0.3 is 6.03 Å². The highest BCUT2D eigenvalue weighted by atomic mass is 16.3. The first-order valence-electron chi connectivity index (χ1n) is 7.36. The number of nitrogens with one attached hydrogen (secondary N) is 2. The van der Waals surface area contributed by atoms with Gasteiger partial charge in [-0.25, -0.2) is 9.48 Å². The molecule has 1 heterocycles. The second-order valence-corrected chi connectivity index (χ2v) is 5.55. The molecule has 118 valence electrons. The molecule has 0 radical (unpaired) electrons. The third kappa shape index (κ3) is 4.08. The Hall–Kier alpha value is -2.34. The van der Waals surface area contributed by atoms with Gasteiger partial charge < -0.3 is 15.7 Å². The average molecular weight is 302 g/mol. The molecule has 1 unspecified atom stereocenters. The highest BCUT2D eigenvalue weighted by Crippen LogP contribution is 2.14. The van der Waals surface area contributed by atoms with Crippen molar-refractivity contribution in [2.75, 3.05) is 11.9 Å². The summed E-state index contributed by atoms with van der Waals surface area (Å²) >= 11 is 0. The molecule has 0 saturated heterocycles. The van der Waals surface area contributed by atoms with Crippen LogP contribution in [-0.2, 0) is 0 Å². The Kier molecular flexibility index (Phi) is 5.16. The molecule has 2 aromatic rings. The van der Waals surface area contributed by atoms with Gasteiger partial charge in [-0.2, -0.15) is 5.10 Å². The van der Waals surface area contributed by atoms with Crippen LogP contribution in [0, 0.1) is 0 Å². The largest absolute Gasteiger partial charge is 0.394 e. The molecule has 0 bridgehead atoms. The van der Waals surface area contributed by atoms with E-state index in [9.17, 15) is 9.90 Å². The van der Waals surface area contributed by atoms with Crippen LogP contribution in [0.3, 0.4) is 0 Å². The normalized spacial score (nSPS) is 13.4.